The predicted molar refractivity (Wildman–Crippen MR) is 100 cm³/mol. The lowest BCUT2D eigenvalue weighted by molar-refractivity contribution is 0.617. The number of H-pyrrole nitrogens is 1. The first-order valence-electron chi connectivity index (χ1n) is 8.03. The maximum Gasteiger partial charge on any atom is 0.262 e. The van der Waals surface area contributed by atoms with Crippen LogP contribution in [0.1, 0.15) is 11.1 Å². The van der Waals surface area contributed by atoms with Crippen LogP contribution in [0.25, 0.3) is 16.7 Å². The van der Waals surface area contributed by atoms with E-state index >= 15 is 0 Å². The summed E-state index contributed by atoms with van der Waals surface area (Å²) in [5.41, 5.74) is 2.75. The number of aromatic nitrogens is 4. The smallest absolute Gasteiger partial charge is 0.262 e. The molecule has 130 valence electrons. The van der Waals surface area contributed by atoms with Gasteiger partial charge in [0.1, 0.15) is 11.2 Å². The molecule has 7 heteroatoms. The summed E-state index contributed by atoms with van der Waals surface area (Å²) < 4.78 is 15.4. The van der Waals surface area contributed by atoms with Crippen LogP contribution in [0.3, 0.4) is 0 Å². The minimum Gasteiger partial charge on any atom is -0.301 e. The van der Waals surface area contributed by atoms with Crippen molar-refractivity contribution in [1.29, 1.82) is 0 Å². The molecule has 26 heavy (non-hydrogen) atoms. The number of aryl methyl sites for hydroxylation is 1. The molecule has 4 aromatic rings. The molecule has 0 saturated heterocycles. The topological polar surface area (TPSA) is 63.6 Å². The van der Waals surface area contributed by atoms with Crippen LogP contribution >= 0.6 is 11.8 Å². The molecule has 0 spiro atoms. The highest BCUT2D eigenvalue weighted by molar-refractivity contribution is 7.98. The number of nitrogens with one attached hydrogen (secondary N) is 1. The molecule has 0 fully saturated rings. The number of hydrogen-bond acceptors (Lipinski definition) is 4. The minimum absolute atomic E-state index is 0.260. The maximum absolute atomic E-state index is 13.8. The monoisotopic (exact) mass is 366 g/mol. The van der Waals surface area contributed by atoms with E-state index in [-0.39, 0.29) is 11.4 Å². The summed E-state index contributed by atoms with van der Waals surface area (Å²) in [5.74, 6) is 0.105. The van der Waals surface area contributed by atoms with E-state index in [4.69, 9.17) is 0 Å². The average molecular weight is 366 g/mol. The molecule has 0 atom stereocenters. The third-order valence-corrected chi connectivity index (χ3v) is 4.94. The van der Waals surface area contributed by atoms with Crippen molar-refractivity contribution < 1.29 is 4.39 Å². The number of aromatic amines is 1. The quantitative estimate of drug-likeness (QED) is 0.440. The molecule has 0 bridgehead atoms. The Labute approximate surface area is 152 Å². The Bertz CT molecular complexity index is 1130. The van der Waals surface area contributed by atoms with Crippen molar-refractivity contribution in [2.75, 3.05) is 0 Å². The molecule has 0 aliphatic rings. The number of fused-ring (bicyclic) bond motifs is 1. The number of halogens is 1. The third-order valence-electron chi connectivity index (χ3n) is 4.02. The molecular weight excluding hydrogens is 351 g/mol. The van der Waals surface area contributed by atoms with Crippen molar-refractivity contribution in [2.45, 2.75) is 17.8 Å². The van der Waals surface area contributed by atoms with Crippen molar-refractivity contribution in [1.82, 2.24) is 19.7 Å². The zero-order chi connectivity index (χ0) is 18.1. The fourth-order valence-electron chi connectivity index (χ4n) is 2.60. The molecule has 2 aromatic heterocycles. The predicted octanol–water partition coefficient (Wildman–Crippen LogP) is 3.85. The Hall–Kier alpha value is -2.93. The van der Waals surface area contributed by atoms with Gasteiger partial charge in [-0.05, 0) is 30.7 Å². The lowest BCUT2D eigenvalue weighted by Crippen LogP contribution is -2.09. The maximum atomic E-state index is 13.8. The zero-order valence-corrected chi connectivity index (χ0v) is 14.8. The van der Waals surface area contributed by atoms with Gasteiger partial charge in [0.25, 0.3) is 5.56 Å². The molecule has 4 rings (SSSR count). The largest absolute Gasteiger partial charge is 0.301 e. The molecule has 0 aliphatic heterocycles. The van der Waals surface area contributed by atoms with Crippen LogP contribution < -0.4 is 5.56 Å². The molecule has 1 N–H and O–H groups in total. The summed E-state index contributed by atoms with van der Waals surface area (Å²) in [5, 5.41) is 5.14. The number of benzene rings is 2. The van der Waals surface area contributed by atoms with E-state index in [1.165, 1.54) is 24.0 Å². The summed E-state index contributed by atoms with van der Waals surface area (Å²) in [4.78, 5) is 19.6. The molecule has 0 unspecified atom stereocenters. The fraction of sp³-hybridized carbons (Fsp3) is 0.105. The Balaban J connectivity index is 1.71. The highest BCUT2D eigenvalue weighted by Gasteiger charge is 2.12. The molecule has 0 aliphatic carbocycles. The Kier molecular flexibility index (Phi) is 4.30. The van der Waals surface area contributed by atoms with Crippen LogP contribution in [0.4, 0.5) is 4.39 Å². The summed E-state index contributed by atoms with van der Waals surface area (Å²) >= 11 is 1.28. The minimum atomic E-state index is -0.270. The van der Waals surface area contributed by atoms with Gasteiger partial charge in [-0.1, -0.05) is 47.7 Å². The first kappa shape index (κ1) is 16.5. The van der Waals surface area contributed by atoms with Crippen LogP contribution in [-0.2, 0) is 5.75 Å². The molecule has 0 radical (unpaired) electrons. The molecule has 0 saturated carbocycles. The van der Waals surface area contributed by atoms with E-state index in [0.717, 1.165) is 11.3 Å². The van der Waals surface area contributed by atoms with Gasteiger partial charge in [0.2, 0.25) is 0 Å². The van der Waals surface area contributed by atoms with Gasteiger partial charge >= 0.3 is 0 Å². The van der Waals surface area contributed by atoms with Crippen molar-refractivity contribution in [3.05, 3.63) is 82.0 Å². The van der Waals surface area contributed by atoms with Crippen molar-refractivity contribution >= 4 is 22.8 Å². The van der Waals surface area contributed by atoms with E-state index in [0.29, 0.717) is 27.5 Å². The Morgan fingerprint density at radius 1 is 1.15 bits per heavy atom. The molecule has 5 nitrogen and oxygen atoms in total. The van der Waals surface area contributed by atoms with Gasteiger partial charge in [0, 0.05) is 5.75 Å². The van der Waals surface area contributed by atoms with Crippen molar-refractivity contribution in [2.24, 2.45) is 0 Å². The van der Waals surface area contributed by atoms with E-state index in [2.05, 4.69) is 15.1 Å². The lowest BCUT2D eigenvalue weighted by atomic mass is 10.2. The average Bonchev–Trinajstić information content (AvgIpc) is 3.06. The summed E-state index contributed by atoms with van der Waals surface area (Å²) in [6, 6.07) is 14.4. The number of thioether (sulfide) groups is 1. The third kappa shape index (κ3) is 3.13. The van der Waals surface area contributed by atoms with Crippen LogP contribution in [0.2, 0.25) is 0 Å². The van der Waals surface area contributed by atoms with E-state index in [1.807, 2.05) is 31.2 Å². The normalized spacial score (nSPS) is 11.2. The van der Waals surface area contributed by atoms with E-state index in [1.54, 1.807) is 22.9 Å². The van der Waals surface area contributed by atoms with Gasteiger partial charge in [-0.25, -0.2) is 14.1 Å². The van der Waals surface area contributed by atoms with Gasteiger partial charge < -0.3 is 4.98 Å². The van der Waals surface area contributed by atoms with Gasteiger partial charge in [-0.2, -0.15) is 5.10 Å². The van der Waals surface area contributed by atoms with Crippen LogP contribution in [-0.4, -0.2) is 19.7 Å². The van der Waals surface area contributed by atoms with Gasteiger partial charge in [-0.3, -0.25) is 4.79 Å². The standard InChI is InChI=1S/C19H15FN4OS/c1-12-6-8-14(9-7-12)24-17-15(10-21-24)18(25)23-19(22-17)26-11-13-4-2-3-5-16(13)20/h2-10H,11H2,1H3,(H,22,23,25). The summed E-state index contributed by atoms with van der Waals surface area (Å²) in [7, 11) is 0. The first-order valence-corrected chi connectivity index (χ1v) is 9.02. The molecular formula is C19H15FN4OS. The van der Waals surface area contributed by atoms with E-state index < -0.39 is 0 Å². The Morgan fingerprint density at radius 3 is 2.69 bits per heavy atom. The van der Waals surface area contributed by atoms with Gasteiger partial charge in [0.15, 0.2) is 10.8 Å². The van der Waals surface area contributed by atoms with Crippen LogP contribution in [0.15, 0.2) is 64.7 Å². The highest BCUT2D eigenvalue weighted by Crippen LogP contribution is 2.22. The van der Waals surface area contributed by atoms with Gasteiger partial charge in [0.05, 0.1) is 11.9 Å². The molecule has 0 amide bonds. The first-order chi connectivity index (χ1) is 12.6. The number of rotatable bonds is 4. The second-order valence-electron chi connectivity index (χ2n) is 5.88. The fourth-order valence-corrected chi connectivity index (χ4v) is 3.45. The van der Waals surface area contributed by atoms with Gasteiger partial charge in [-0.15, -0.1) is 0 Å². The molecule has 2 heterocycles. The summed E-state index contributed by atoms with van der Waals surface area (Å²) in [6.45, 7) is 2.01. The highest BCUT2D eigenvalue weighted by atomic mass is 32.2. The molecule has 2 aromatic carbocycles. The number of hydrogen-bond donors (Lipinski definition) is 1. The summed E-state index contributed by atoms with van der Waals surface area (Å²) in [6.07, 6.45) is 1.51. The van der Waals surface area contributed by atoms with Crippen molar-refractivity contribution in [3.63, 3.8) is 0 Å². The zero-order valence-electron chi connectivity index (χ0n) is 13.9. The second-order valence-corrected chi connectivity index (χ2v) is 6.84. The lowest BCUT2D eigenvalue weighted by Gasteiger charge is -2.05. The van der Waals surface area contributed by atoms with Crippen LogP contribution in [0.5, 0.6) is 0 Å². The van der Waals surface area contributed by atoms with Crippen molar-refractivity contribution in [3.8, 4) is 5.69 Å². The van der Waals surface area contributed by atoms with Crippen LogP contribution in [0, 0.1) is 12.7 Å². The Morgan fingerprint density at radius 2 is 1.92 bits per heavy atom. The SMILES string of the molecule is Cc1ccc(-n2ncc3c(=O)[nH]c(SCc4ccccc4F)nc32)cc1. The number of nitrogens with zero attached hydrogens (tertiary/aromatic N) is 3. The van der Waals surface area contributed by atoms with E-state index in [9.17, 15) is 9.18 Å². The second kappa shape index (κ2) is 6.76.